The van der Waals surface area contributed by atoms with Crippen molar-refractivity contribution < 1.29 is 18.7 Å². The van der Waals surface area contributed by atoms with Gasteiger partial charge in [0.15, 0.2) is 0 Å². The number of ether oxygens (including phenoxy) is 2. The van der Waals surface area contributed by atoms with Gasteiger partial charge in [-0.25, -0.2) is 9.18 Å². The summed E-state index contributed by atoms with van der Waals surface area (Å²) in [5.74, 6) is -0.277. The van der Waals surface area contributed by atoms with Gasteiger partial charge in [-0.2, -0.15) is 0 Å². The number of rotatable bonds is 4. The number of hydrogen-bond acceptors (Lipinski definition) is 4. The average Bonchev–Trinajstić information content (AvgIpc) is 2.54. The van der Waals surface area contributed by atoms with Crippen LogP contribution < -0.4 is 5.32 Å². The molecule has 0 aliphatic carbocycles. The molecule has 5 nitrogen and oxygen atoms in total. The maximum absolute atomic E-state index is 14.5. The Kier molecular flexibility index (Phi) is 6.06. The van der Waals surface area contributed by atoms with Gasteiger partial charge in [0.25, 0.3) is 0 Å². The predicted octanol–water partition coefficient (Wildman–Crippen LogP) is 4.17. The Morgan fingerprint density at radius 3 is 2.64 bits per heavy atom. The van der Waals surface area contributed by atoms with Crippen molar-refractivity contribution in [1.82, 2.24) is 4.90 Å². The van der Waals surface area contributed by atoms with Gasteiger partial charge >= 0.3 is 6.09 Å². The molecule has 0 saturated carbocycles. The van der Waals surface area contributed by atoms with E-state index < -0.39 is 5.60 Å². The molecule has 138 valence electrons. The second kappa shape index (κ2) is 7.87. The van der Waals surface area contributed by atoms with E-state index in [1.54, 1.807) is 12.0 Å². The van der Waals surface area contributed by atoms with Crippen molar-refractivity contribution in [1.29, 1.82) is 0 Å². The normalized spacial score (nSPS) is 15.0. The van der Waals surface area contributed by atoms with E-state index >= 15 is 0 Å². The van der Waals surface area contributed by atoms with E-state index in [2.05, 4.69) is 5.32 Å². The van der Waals surface area contributed by atoms with Gasteiger partial charge in [-0.3, -0.25) is 0 Å². The molecule has 0 saturated heterocycles. The van der Waals surface area contributed by atoms with Crippen LogP contribution in [0.5, 0.6) is 0 Å². The fourth-order valence-electron chi connectivity index (χ4n) is 2.67. The summed E-state index contributed by atoms with van der Waals surface area (Å²) in [4.78, 5) is 13.7. The van der Waals surface area contributed by atoms with Crippen molar-refractivity contribution in [2.45, 2.75) is 39.7 Å². The van der Waals surface area contributed by atoms with E-state index in [9.17, 15) is 9.18 Å². The van der Waals surface area contributed by atoms with Gasteiger partial charge in [-0.1, -0.05) is 6.08 Å². The molecule has 1 N–H and O–H groups in total. The minimum atomic E-state index is -0.519. The van der Waals surface area contributed by atoms with Gasteiger partial charge in [0.2, 0.25) is 0 Å². The first kappa shape index (κ1) is 19.2. The molecule has 1 aromatic rings. The third kappa shape index (κ3) is 5.19. The molecule has 0 atom stereocenters. The molecule has 1 heterocycles. The molecule has 25 heavy (non-hydrogen) atoms. The molecule has 1 aliphatic heterocycles. The van der Waals surface area contributed by atoms with Crippen LogP contribution in [0.1, 0.15) is 38.3 Å². The summed E-state index contributed by atoms with van der Waals surface area (Å²) in [6.07, 6.45) is 2.16. The first-order valence-corrected chi connectivity index (χ1v) is 8.41. The topological polar surface area (TPSA) is 50.8 Å². The van der Waals surface area contributed by atoms with Crippen LogP contribution in [0.15, 0.2) is 18.2 Å². The lowest BCUT2D eigenvalue weighted by Crippen LogP contribution is -2.39. The Morgan fingerprint density at radius 1 is 1.36 bits per heavy atom. The number of carbonyl (C=O) groups is 1. The maximum Gasteiger partial charge on any atom is 0.410 e. The van der Waals surface area contributed by atoms with Crippen molar-refractivity contribution in [2.24, 2.45) is 0 Å². The Morgan fingerprint density at radius 2 is 2.08 bits per heavy atom. The lowest BCUT2D eigenvalue weighted by Gasteiger charge is -2.29. The summed E-state index contributed by atoms with van der Waals surface area (Å²) in [5, 5.41) is 3.03. The van der Waals surface area contributed by atoms with E-state index in [1.165, 1.54) is 6.07 Å². The van der Waals surface area contributed by atoms with Crippen molar-refractivity contribution in [3.63, 3.8) is 0 Å². The molecule has 0 radical (unpaired) electrons. The monoisotopic (exact) mass is 350 g/mol. The van der Waals surface area contributed by atoms with Crippen molar-refractivity contribution in [2.75, 3.05) is 32.2 Å². The van der Waals surface area contributed by atoms with Gasteiger partial charge in [-0.15, -0.1) is 0 Å². The summed E-state index contributed by atoms with van der Waals surface area (Å²) < 4.78 is 24.8. The van der Waals surface area contributed by atoms with Gasteiger partial charge in [0, 0.05) is 31.5 Å². The molecule has 1 aromatic carbocycles. The van der Waals surface area contributed by atoms with Gasteiger partial charge in [0.05, 0.1) is 0 Å². The lowest BCUT2D eigenvalue weighted by molar-refractivity contribution is 0.0270. The number of methoxy groups -OCH3 is 1. The second-order valence-electron chi connectivity index (χ2n) is 7.16. The summed E-state index contributed by atoms with van der Waals surface area (Å²) in [7, 11) is 1.58. The minimum absolute atomic E-state index is 0.277. The van der Waals surface area contributed by atoms with Crippen LogP contribution in [0.4, 0.5) is 14.9 Å². The number of benzene rings is 1. The summed E-state index contributed by atoms with van der Waals surface area (Å²) in [5.41, 5.74) is 2.65. The molecule has 1 amide bonds. The number of hydrogen-bond donors (Lipinski definition) is 1. The van der Waals surface area contributed by atoms with Crippen LogP contribution in [0.25, 0.3) is 5.57 Å². The first-order valence-electron chi connectivity index (χ1n) is 8.41. The zero-order valence-corrected chi connectivity index (χ0v) is 15.6. The van der Waals surface area contributed by atoms with Gasteiger partial charge < -0.3 is 19.7 Å². The Labute approximate surface area is 148 Å². The molecule has 0 aromatic heterocycles. The van der Waals surface area contributed by atoms with Crippen molar-refractivity contribution >= 4 is 17.4 Å². The van der Waals surface area contributed by atoms with Gasteiger partial charge in [0.1, 0.15) is 18.1 Å². The third-order valence-electron chi connectivity index (χ3n) is 3.93. The minimum Gasteiger partial charge on any atom is -0.444 e. The number of aryl methyl sites for hydroxylation is 1. The zero-order valence-electron chi connectivity index (χ0n) is 15.6. The quantitative estimate of drug-likeness (QED) is 0.828. The van der Waals surface area contributed by atoms with E-state index in [-0.39, 0.29) is 11.9 Å². The second-order valence-corrected chi connectivity index (χ2v) is 7.16. The molecular weight excluding hydrogens is 323 g/mol. The lowest BCUT2D eigenvalue weighted by atomic mass is 9.96. The molecule has 6 heteroatoms. The number of nitrogens with zero attached hydrogens (tertiary/aromatic N) is 1. The summed E-state index contributed by atoms with van der Waals surface area (Å²) in [6, 6.07) is 3.33. The maximum atomic E-state index is 14.5. The van der Waals surface area contributed by atoms with Crippen LogP contribution in [0, 0.1) is 12.7 Å². The largest absolute Gasteiger partial charge is 0.444 e. The molecule has 1 aliphatic rings. The van der Waals surface area contributed by atoms with E-state index in [0.717, 1.165) is 16.8 Å². The van der Waals surface area contributed by atoms with E-state index in [1.807, 2.05) is 39.8 Å². The molecule has 0 fully saturated rings. The highest BCUT2D eigenvalue weighted by atomic mass is 19.1. The Bertz CT molecular complexity index is 665. The van der Waals surface area contributed by atoms with E-state index in [0.29, 0.717) is 31.8 Å². The number of amides is 1. The predicted molar refractivity (Wildman–Crippen MR) is 97.0 cm³/mol. The van der Waals surface area contributed by atoms with Gasteiger partial charge in [-0.05, 0) is 57.4 Å². The third-order valence-corrected chi connectivity index (χ3v) is 3.93. The highest BCUT2D eigenvalue weighted by molar-refractivity contribution is 5.74. The number of halogens is 1. The smallest absolute Gasteiger partial charge is 0.410 e. The molecule has 0 spiro atoms. The van der Waals surface area contributed by atoms with Crippen LogP contribution in [-0.2, 0) is 9.47 Å². The number of nitrogens with one attached hydrogen (secondary N) is 1. The van der Waals surface area contributed by atoms with Crippen LogP contribution >= 0.6 is 0 Å². The average molecular weight is 350 g/mol. The Balaban J connectivity index is 2.11. The standard InChI is InChI=1S/C19H27FN2O3/c1-13-10-15(16(20)11-17(13)21-12-24-5)14-6-8-22(9-7-14)18(23)25-19(2,3)4/h6,10-11,21H,7-9,12H2,1-5H3. The zero-order chi connectivity index (χ0) is 18.6. The summed E-state index contributed by atoms with van der Waals surface area (Å²) >= 11 is 0. The van der Waals surface area contributed by atoms with Crippen LogP contribution in [0.2, 0.25) is 0 Å². The molecular formula is C19H27FN2O3. The summed E-state index contributed by atoms with van der Waals surface area (Å²) in [6.45, 7) is 8.72. The fourth-order valence-corrected chi connectivity index (χ4v) is 2.67. The highest BCUT2D eigenvalue weighted by Crippen LogP contribution is 2.29. The van der Waals surface area contributed by atoms with Crippen LogP contribution in [0.3, 0.4) is 0 Å². The van der Waals surface area contributed by atoms with Crippen molar-refractivity contribution in [3.05, 3.63) is 35.2 Å². The van der Waals surface area contributed by atoms with E-state index in [4.69, 9.17) is 9.47 Å². The van der Waals surface area contributed by atoms with Crippen molar-refractivity contribution in [3.8, 4) is 0 Å². The molecule has 0 bridgehead atoms. The number of anilines is 1. The van der Waals surface area contributed by atoms with Crippen LogP contribution in [-0.4, -0.2) is 43.5 Å². The molecule has 2 rings (SSSR count). The number of carbonyl (C=O) groups excluding carboxylic acids is 1. The highest BCUT2D eigenvalue weighted by Gasteiger charge is 2.24. The SMILES string of the molecule is COCNc1cc(F)c(C2=CCN(C(=O)OC(C)(C)C)CC2)cc1C. The molecule has 0 unspecified atom stereocenters. The Hall–Kier alpha value is -2.08. The fraction of sp³-hybridized carbons (Fsp3) is 0.526. The first-order chi connectivity index (χ1) is 11.7.